The molecule has 0 radical (unpaired) electrons. The maximum absolute atomic E-state index is 16.3. The molecule has 2 aromatic heterocycles. The number of rotatable bonds is 5. The van der Waals surface area contributed by atoms with Crippen LogP contribution in [0.15, 0.2) is 53.7 Å². The largest absolute Gasteiger partial charge is 0.373 e. The van der Waals surface area contributed by atoms with Gasteiger partial charge >= 0.3 is 0 Å². The Morgan fingerprint density at radius 3 is 2.41 bits per heavy atom. The Morgan fingerprint density at radius 2 is 1.85 bits per heavy atom. The normalized spacial score (nSPS) is 16.3. The number of hydrogen-bond acceptors (Lipinski definition) is 6. The summed E-state index contributed by atoms with van der Waals surface area (Å²) in [5.41, 5.74) is 1.64. The molecule has 0 aliphatic carbocycles. The molecule has 1 unspecified atom stereocenters. The molecule has 9 heteroatoms. The van der Waals surface area contributed by atoms with Crippen molar-refractivity contribution in [1.82, 2.24) is 14.9 Å². The van der Waals surface area contributed by atoms with Crippen LogP contribution in [0.25, 0.3) is 22.4 Å². The summed E-state index contributed by atoms with van der Waals surface area (Å²) in [7, 11) is -0.197. The zero-order chi connectivity index (χ0) is 24.5. The summed E-state index contributed by atoms with van der Waals surface area (Å²) >= 11 is 0. The molecular formula is C25H26FN3O4S. The van der Waals surface area contributed by atoms with E-state index in [-0.39, 0.29) is 27.8 Å². The van der Waals surface area contributed by atoms with Gasteiger partial charge in [0.2, 0.25) is 0 Å². The lowest BCUT2D eigenvalue weighted by atomic mass is 9.90. The highest BCUT2D eigenvalue weighted by Gasteiger charge is 2.32. The second-order valence-electron chi connectivity index (χ2n) is 8.50. The van der Waals surface area contributed by atoms with Crippen molar-refractivity contribution in [2.24, 2.45) is 0 Å². The number of ether oxygens (including phenoxy) is 1. The molecule has 0 N–H and O–H groups in total. The van der Waals surface area contributed by atoms with E-state index in [4.69, 9.17) is 4.74 Å². The second kappa shape index (κ2) is 9.60. The second-order valence-corrected chi connectivity index (χ2v) is 10.5. The predicted octanol–water partition coefficient (Wildman–Crippen LogP) is 4.30. The number of amides is 1. The molecule has 1 saturated heterocycles. The lowest BCUT2D eigenvalue weighted by molar-refractivity contribution is 0.0131. The number of nitrogens with zero attached hydrogens (tertiary/aromatic N) is 3. The van der Waals surface area contributed by atoms with Crippen molar-refractivity contribution in [3.8, 4) is 22.4 Å². The van der Waals surface area contributed by atoms with Crippen LogP contribution in [0.1, 0.15) is 41.4 Å². The van der Waals surface area contributed by atoms with E-state index in [1.807, 2.05) is 0 Å². The monoisotopic (exact) mass is 483 g/mol. The number of halogens is 1. The third-order valence-corrected chi connectivity index (χ3v) is 6.92. The number of hydrogen-bond donors (Lipinski definition) is 0. The highest BCUT2D eigenvalue weighted by atomic mass is 32.2. The Kier molecular flexibility index (Phi) is 6.77. The van der Waals surface area contributed by atoms with Gasteiger partial charge < -0.3 is 9.64 Å². The summed E-state index contributed by atoms with van der Waals surface area (Å²) in [6.45, 7) is 0.494. The number of sulfone groups is 1. The Bertz CT molecular complexity index is 1300. The first-order chi connectivity index (χ1) is 16.2. The van der Waals surface area contributed by atoms with Gasteiger partial charge in [0.25, 0.3) is 5.91 Å². The van der Waals surface area contributed by atoms with Crippen LogP contribution in [-0.2, 0) is 14.6 Å². The number of aromatic nitrogens is 2. The van der Waals surface area contributed by atoms with Gasteiger partial charge in [0.15, 0.2) is 15.7 Å². The van der Waals surface area contributed by atoms with Crippen LogP contribution in [0, 0.1) is 5.82 Å². The molecule has 0 saturated carbocycles. The molecule has 7 nitrogen and oxygen atoms in total. The quantitative estimate of drug-likeness (QED) is 0.538. The summed E-state index contributed by atoms with van der Waals surface area (Å²) in [5, 5.41) is 0. The lowest BCUT2D eigenvalue weighted by Gasteiger charge is -2.28. The Morgan fingerprint density at radius 1 is 1.12 bits per heavy atom. The van der Waals surface area contributed by atoms with Crippen LogP contribution < -0.4 is 0 Å². The molecule has 1 atom stereocenters. The third kappa shape index (κ3) is 4.71. The average molecular weight is 484 g/mol. The van der Waals surface area contributed by atoms with E-state index in [1.54, 1.807) is 38.6 Å². The van der Waals surface area contributed by atoms with Crippen molar-refractivity contribution in [3.63, 3.8) is 0 Å². The molecule has 4 rings (SSSR count). The van der Waals surface area contributed by atoms with Crippen molar-refractivity contribution < 1.29 is 22.3 Å². The van der Waals surface area contributed by atoms with Crippen LogP contribution in [0.2, 0.25) is 0 Å². The van der Waals surface area contributed by atoms with Gasteiger partial charge in [-0.25, -0.2) is 17.8 Å². The fraction of sp³-hybridized carbons (Fsp3) is 0.320. The van der Waals surface area contributed by atoms with E-state index < -0.39 is 21.8 Å². The summed E-state index contributed by atoms with van der Waals surface area (Å²) in [6.07, 6.45) is 6.11. The molecule has 1 aliphatic rings. The maximum atomic E-state index is 16.3. The highest BCUT2D eigenvalue weighted by Crippen LogP contribution is 2.41. The summed E-state index contributed by atoms with van der Waals surface area (Å²) in [6, 6.07) is 9.31. The zero-order valence-corrected chi connectivity index (χ0v) is 20.1. The van der Waals surface area contributed by atoms with E-state index in [1.165, 1.54) is 29.2 Å². The minimum atomic E-state index is -3.41. The lowest BCUT2D eigenvalue weighted by Crippen LogP contribution is -2.26. The van der Waals surface area contributed by atoms with Crippen LogP contribution in [-0.4, -0.2) is 56.2 Å². The van der Waals surface area contributed by atoms with Crippen molar-refractivity contribution >= 4 is 15.7 Å². The van der Waals surface area contributed by atoms with Gasteiger partial charge in [-0.2, -0.15) is 0 Å². The van der Waals surface area contributed by atoms with Gasteiger partial charge in [-0.15, -0.1) is 0 Å². The van der Waals surface area contributed by atoms with Gasteiger partial charge in [-0.3, -0.25) is 9.78 Å². The molecule has 3 heterocycles. The fourth-order valence-electron chi connectivity index (χ4n) is 4.07. The van der Waals surface area contributed by atoms with E-state index in [0.717, 1.165) is 19.1 Å². The van der Waals surface area contributed by atoms with E-state index in [2.05, 4.69) is 9.97 Å². The van der Waals surface area contributed by atoms with Crippen molar-refractivity contribution in [1.29, 1.82) is 0 Å². The molecule has 1 fully saturated rings. The van der Waals surface area contributed by atoms with Crippen LogP contribution in [0.3, 0.4) is 0 Å². The first-order valence-electron chi connectivity index (χ1n) is 11.0. The number of carbonyl (C=O) groups excluding carboxylic acids is 1. The van der Waals surface area contributed by atoms with E-state index >= 15 is 4.39 Å². The van der Waals surface area contributed by atoms with Gasteiger partial charge in [0.1, 0.15) is 11.4 Å². The standard InChI is InChI=1S/C25H26FN3O4S/c1-29(2)25(30)24-20(17-7-6-13-27-15-17)21(19-8-4-5-14-33-19)22(26)23(28-24)16-9-11-18(12-10-16)34(3,31)32/h6-7,9-13,15,19H,4-5,8,14H2,1-3H3. The first-order valence-corrected chi connectivity index (χ1v) is 12.8. The Balaban J connectivity index is 2.02. The molecule has 3 aromatic rings. The fourth-order valence-corrected chi connectivity index (χ4v) is 4.70. The molecule has 0 bridgehead atoms. The third-order valence-electron chi connectivity index (χ3n) is 5.79. The number of benzene rings is 1. The zero-order valence-electron chi connectivity index (χ0n) is 19.3. The number of pyridine rings is 2. The topological polar surface area (TPSA) is 89.5 Å². The first kappa shape index (κ1) is 24.0. The molecular weight excluding hydrogens is 457 g/mol. The van der Waals surface area contributed by atoms with E-state index in [9.17, 15) is 13.2 Å². The molecule has 34 heavy (non-hydrogen) atoms. The van der Waals surface area contributed by atoms with Crippen LogP contribution in [0.4, 0.5) is 4.39 Å². The maximum Gasteiger partial charge on any atom is 0.272 e. The molecule has 178 valence electrons. The molecule has 1 aromatic carbocycles. The summed E-state index contributed by atoms with van der Waals surface area (Å²) in [4.78, 5) is 23.4. The minimum Gasteiger partial charge on any atom is -0.373 e. The van der Waals surface area contributed by atoms with Crippen molar-refractivity contribution in [3.05, 3.63) is 65.9 Å². The van der Waals surface area contributed by atoms with Gasteiger partial charge in [-0.05, 0) is 37.5 Å². The smallest absolute Gasteiger partial charge is 0.272 e. The van der Waals surface area contributed by atoms with Gasteiger partial charge in [0.05, 0.1) is 11.0 Å². The molecule has 1 aliphatic heterocycles. The Hall–Kier alpha value is -3.17. The number of carbonyl (C=O) groups is 1. The summed E-state index contributed by atoms with van der Waals surface area (Å²) < 4.78 is 46.0. The highest BCUT2D eigenvalue weighted by molar-refractivity contribution is 7.90. The summed E-state index contributed by atoms with van der Waals surface area (Å²) in [5.74, 6) is -0.974. The van der Waals surface area contributed by atoms with Crippen molar-refractivity contribution in [2.45, 2.75) is 30.3 Å². The van der Waals surface area contributed by atoms with Gasteiger partial charge in [0, 0.05) is 61.6 Å². The molecule has 0 spiro atoms. The molecule has 1 amide bonds. The van der Waals surface area contributed by atoms with Crippen LogP contribution in [0.5, 0.6) is 0 Å². The predicted molar refractivity (Wildman–Crippen MR) is 127 cm³/mol. The van der Waals surface area contributed by atoms with E-state index in [0.29, 0.717) is 29.7 Å². The van der Waals surface area contributed by atoms with Crippen LogP contribution >= 0.6 is 0 Å². The average Bonchev–Trinajstić information content (AvgIpc) is 2.84. The Labute approximate surface area is 198 Å². The minimum absolute atomic E-state index is 0.0259. The van der Waals surface area contributed by atoms with Crippen molar-refractivity contribution in [2.75, 3.05) is 27.0 Å². The SMILES string of the molecule is CN(C)C(=O)c1nc(-c2ccc(S(C)(=O)=O)cc2)c(F)c(C2CCCCO2)c1-c1cccnc1. The van der Waals surface area contributed by atoms with Gasteiger partial charge in [-0.1, -0.05) is 18.2 Å².